The molecule has 114 valence electrons. The van der Waals surface area contributed by atoms with Crippen molar-refractivity contribution < 1.29 is 19.4 Å². The molecule has 0 atom stereocenters. The van der Waals surface area contributed by atoms with Crippen LogP contribution in [0.15, 0.2) is 42.6 Å². The van der Waals surface area contributed by atoms with Gasteiger partial charge in [-0.1, -0.05) is 0 Å². The monoisotopic (exact) mass is 300 g/mol. The predicted octanol–water partition coefficient (Wildman–Crippen LogP) is 2.11. The van der Waals surface area contributed by atoms with Crippen molar-refractivity contribution in [3.63, 3.8) is 0 Å². The fourth-order valence-corrected chi connectivity index (χ4v) is 1.85. The van der Waals surface area contributed by atoms with Crippen LogP contribution in [0.5, 0.6) is 5.75 Å². The van der Waals surface area contributed by atoms with Crippen LogP contribution in [-0.4, -0.2) is 28.6 Å². The number of rotatable bonds is 6. The topological polar surface area (TPSA) is 88.5 Å². The number of pyridine rings is 1. The summed E-state index contributed by atoms with van der Waals surface area (Å²) in [5.74, 6) is -0.582. The molecule has 6 heteroatoms. The second-order valence-electron chi connectivity index (χ2n) is 4.48. The minimum absolute atomic E-state index is 0.139. The molecule has 0 aliphatic carbocycles. The molecular weight excluding hydrogens is 284 g/mol. The van der Waals surface area contributed by atoms with Gasteiger partial charge in [-0.05, 0) is 43.3 Å². The molecule has 1 heterocycles. The van der Waals surface area contributed by atoms with Crippen LogP contribution in [0.25, 0.3) is 0 Å². The summed E-state index contributed by atoms with van der Waals surface area (Å²) in [5.41, 5.74) is 1.12. The van der Waals surface area contributed by atoms with E-state index in [1.807, 2.05) is 6.92 Å². The van der Waals surface area contributed by atoms with Gasteiger partial charge in [-0.25, -0.2) is 4.79 Å². The first-order valence-corrected chi connectivity index (χ1v) is 6.79. The summed E-state index contributed by atoms with van der Waals surface area (Å²) in [7, 11) is 0. The molecule has 1 amide bonds. The molecule has 0 unspecified atom stereocenters. The van der Waals surface area contributed by atoms with E-state index in [1.165, 1.54) is 18.3 Å². The molecular formula is C16H16N2O4. The number of nitrogens with zero attached hydrogens (tertiary/aromatic N) is 1. The first kappa shape index (κ1) is 15.5. The maximum absolute atomic E-state index is 12.0. The summed E-state index contributed by atoms with van der Waals surface area (Å²) < 4.78 is 5.31. The number of carbonyl (C=O) groups excluding carboxylic acids is 1. The Kier molecular flexibility index (Phi) is 5.08. The molecule has 2 aromatic rings. The molecule has 1 aromatic carbocycles. The van der Waals surface area contributed by atoms with Gasteiger partial charge < -0.3 is 15.2 Å². The number of aromatic nitrogens is 1. The minimum Gasteiger partial charge on any atom is -0.494 e. The first-order chi connectivity index (χ1) is 10.6. The van der Waals surface area contributed by atoms with Gasteiger partial charge >= 0.3 is 5.97 Å². The number of hydrogen-bond acceptors (Lipinski definition) is 4. The van der Waals surface area contributed by atoms with Gasteiger partial charge in [0, 0.05) is 11.8 Å². The molecule has 0 saturated carbocycles. The molecule has 6 nitrogen and oxygen atoms in total. The molecule has 0 aliphatic heterocycles. The van der Waals surface area contributed by atoms with E-state index in [4.69, 9.17) is 9.84 Å². The van der Waals surface area contributed by atoms with Crippen molar-refractivity contribution in [2.75, 3.05) is 6.61 Å². The molecule has 1 aromatic heterocycles. The molecule has 0 fully saturated rings. The van der Waals surface area contributed by atoms with Crippen molar-refractivity contribution in [2.45, 2.75) is 13.5 Å². The first-order valence-electron chi connectivity index (χ1n) is 6.79. The number of carboxylic acid groups (broad SMARTS) is 1. The molecule has 0 bridgehead atoms. The molecule has 0 radical (unpaired) electrons. The third-order valence-electron chi connectivity index (χ3n) is 2.92. The number of carbonyl (C=O) groups is 2. The summed E-state index contributed by atoms with van der Waals surface area (Å²) in [5, 5.41) is 11.6. The standard InChI is InChI=1S/C16H16N2O4/c1-2-22-14-5-3-11(4-6-14)15(19)18-10-13-9-12(16(20)21)7-8-17-13/h3-9H,2,10H2,1H3,(H,18,19)(H,20,21). The van der Waals surface area contributed by atoms with Crippen LogP contribution in [-0.2, 0) is 6.54 Å². The van der Waals surface area contributed by atoms with Crippen LogP contribution < -0.4 is 10.1 Å². The third kappa shape index (κ3) is 4.05. The molecule has 0 aliphatic rings. The SMILES string of the molecule is CCOc1ccc(C(=O)NCc2cc(C(=O)O)ccn2)cc1. The maximum atomic E-state index is 12.0. The van der Waals surface area contributed by atoms with Gasteiger partial charge in [0.1, 0.15) is 5.75 Å². The molecule has 22 heavy (non-hydrogen) atoms. The van der Waals surface area contributed by atoms with Crippen LogP contribution in [0.1, 0.15) is 33.3 Å². The summed E-state index contributed by atoms with van der Waals surface area (Å²) in [6.07, 6.45) is 1.40. The van der Waals surface area contributed by atoms with Crippen molar-refractivity contribution in [3.05, 3.63) is 59.4 Å². The molecule has 0 spiro atoms. The van der Waals surface area contributed by atoms with Gasteiger partial charge in [-0.3, -0.25) is 9.78 Å². The van der Waals surface area contributed by atoms with Crippen LogP contribution in [0, 0.1) is 0 Å². The van der Waals surface area contributed by atoms with Crippen molar-refractivity contribution in [1.82, 2.24) is 10.3 Å². The van der Waals surface area contributed by atoms with Gasteiger partial charge in [0.25, 0.3) is 5.91 Å². The van der Waals surface area contributed by atoms with Crippen molar-refractivity contribution in [1.29, 1.82) is 0 Å². The Bertz CT molecular complexity index is 668. The number of carboxylic acids is 1. The van der Waals surface area contributed by atoms with E-state index in [1.54, 1.807) is 24.3 Å². The van der Waals surface area contributed by atoms with Gasteiger partial charge in [0.05, 0.1) is 24.4 Å². The average molecular weight is 300 g/mol. The zero-order chi connectivity index (χ0) is 15.9. The quantitative estimate of drug-likeness (QED) is 0.853. The normalized spacial score (nSPS) is 10.0. The van der Waals surface area contributed by atoms with Crippen LogP contribution in [0.4, 0.5) is 0 Å². The highest BCUT2D eigenvalue weighted by Gasteiger charge is 2.08. The Morgan fingerprint density at radius 3 is 2.55 bits per heavy atom. The molecule has 2 N–H and O–H groups in total. The highest BCUT2D eigenvalue weighted by molar-refractivity contribution is 5.94. The number of ether oxygens (including phenoxy) is 1. The Morgan fingerprint density at radius 1 is 1.18 bits per heavy atom. The summed E-state index contributed by atoms with van der Waals surface area (Å²) >= 11 is 0. The van der Waals surface area contributed by atoms with Crippen LogP contribution in [0.3, 0.4) is 0 Å². The lowest BCUT2D eigenvalue weighted by molar-refractivity contribution is 0.0696. The highest BCUT2D eigenvalue weighted by Crippen LogP contribution is 2.12. The smallest absolute Gasteiger partial charge is 0.335 e. The number of aromatic carboxylic acids is 1. The predicted molar refractivity (Wildman–Crippen MR) is 80.0 cm³/mol. The van der Waals surface area contributed by atoms with E-state index in [2.05, 4.69) is 10.3 Å². The lowest BCUT2D eigenvalue weighted by atomic mass is 10.2. The van der Waals surface area contributed by atoms with Crippen molar-refractivity contribution in [2.24, 2.45) is 0 Å². The Balaban J connectivity index is 1.97. The maximum Gasteiger partial charge on any atom is 0.335 e. The Morgan fingerprint density at radius 2 is 1.91 bits per heavy atom. The van der Waals surface area contributed by atoms with Crippen LogP contribution in [0.2, 0.25) is 0 Å². The van der Waals surface area contributed by atoms with Gasteiger partial charge in [-0.15, -0.1) is 0 Å². The zero-order valence-corrected chi connectivity index (χ0v) is 12.1. The highest BCUT2D eigenvalue weighted by atomic mass is 16.5. The van der Waals surface area contributed by atoms with E-state index in [9.17, 15) is 9.59 Å². The number of hydrogen-bond donors (Lipinski definition) is 2. The largest absolute Gasteiger partial charge is 0.494 e. The fourth-order valence-electron chi connectivity index (χ4n) is 1.85. The second-order valence-corrected chi connectivity index (χ2v) is 4.48. The molecule has 0 saturated heterocycles. The van der Waals surface area contributed by atoms with Crippen LogP contribution >= 0.6 is 0 Å². The van der Waals surface area contributed by atoms with Crippen molar-refractivity contribution >= 4 is 11.9 Å². The van der Waals surface area contributed by atoms with Gasteiger partial charge in [0.15, 0.2) is 0 Å². The van der Waals surface area contributed by atoms with E-state index < -0.39 is 5.97 Å². The minimum atomic E-state index is -1.03. The summed E-state index contributed by atoms with van der Waals surface area (Å²) in [4.78, 5) is 26.9. The van der Waals surface area contributed by atoms with E-state index in [0.717, 1.165) is 0 Å². The van der Waals surface area contributed by atoms with Gasteiger partial charge in [-0.2, -0.15) is 0 Å². The fraction of sp³-hybridized carbons (Fsp3) is 0.188. The van der Waals surface area contributed by atoms with E-state index in [0.29, 0.717) is 23.6 Å². The number of amides is 1. The second kappa shape index (κ2) is 7.21. The Labute approximate surface area is 127 Å². The van der Waals surface area contributed by atoms with Gasteiger partial charge in [0.2, 0.25) is 0 Å². The average Bonchev–Trinajstić information content (AvgIpc) is 2.54. The molecule has 2 rings (SSSR count). The Hall–Kier alpha value is -2.89. The number of nitrogens with one attached hydrogen (secondary N) is 1. The number of benzene rings is 1. The van der Waals surface area contributed by atoms with E-state index >= 15 is 0 Å². The van der Waals surface area contributed by atoms with Crippen molar-refractivity contribution in [3.8, 4) is 5.75 Å². The summed E-state index contributed by atoms with van der Waals surface area (Å²) in [6, 6.07) is 9.62. The summed E-state index contributed by atoms with van der Waals surface area (Å²) in [6.45, 7) is 2.61. The zero-order valence-electron chi connectivity index (χ0n) is 12.1. The lowest BCUT2D eigenvalue weighted by Gasteiger charge is -2.07. The third-order valence-corrected chi connectivity index (χ3v) is 2.92. The lowest BCUT2D eigenvalue weighted by Crippen LogP contribution is -2.23. The van der Waals surface area contributed by atoms with E-state index in [-0.39, 0.29) is 18.0 Å².